The van der Waals surface area contributed by atoms with Gasteiger partial charge in [-0.15, -0.1) is 0 Å². The van der Waals surface area contributed by atoms with Crippen molar-refractivity contribution < 1.29 is 14.3 Å². The molecule has 7 heteroatoms. The van der Waals surface area contributed by atoms with Crippen LogP contribution in [-0.4, -0.2) is 52.9 Å². The molecule has 2 aromatic heterocycles. The van der Waals surface area contributed by atoms with Gasteiger partial charge in [0.2, 0.25) is 5.78 Å². The summed E-state index contributed by atoms with van der Waals surface area (Å²) in [6.45, 7) is 2.48. The van der Waals surface area contributed by atoms with Gasteiger partial charge in [0.25, 0.3) is 0 Å². The summed E-state index contributed by atoms with van der Waals surface area (Å²) in [5.41, 5.74) is 0.887. The van der Waals surface area contributed by atoms with E-state index in [0.29, 0.717) is 36.6 Å². The number of anilines is 1. The molecule has 152 valence electrons. The molecular weight excluding hydrogens is 380 g/mol. The first-order valence-electron chi connectivity index (χ1n) is 9.89. The van der Waals surface area contributed by atoms with E-state index in [4.69, 9.17) is 4.74 Å². The highest BCUT2D eigenvalue weighted by Crippen LogP contribution is 2.17. The fourth-order valence-electron chi connectivity index (χ4n) is 3.35. The number of carbonyl (C=O) groups is 2. The van der Waals surface area contributed by atoms with Gasteiger partial charge in [-0.3, -0.25) is 9.78 Å². The Hall–Kier alpha value is -3.74. The van der Waals surface area contributed by atoms with Crippen molar-refractivity contribution in [2.75, 3.05) is 31.1 Å². The highest BCUT2D eigenvalue weighted by atomic mass is 16.6. The van der Waals surface area contributed by atoms with E-state index >= 15 is 0 Å². The summed E-state index contributed by atoms with van der Waals surface area (Å²) in [5, 5.41) is 0. The molecule has 1 saturated heterocycles. The Morgan fingerprint density at radius 2 is 1.73 bits per heavy atom. The Morgan fingerprint density at radius 3 is 2.53 bits per heavy atom. The average Bonchev–Trinajstić information content (AvgIpc) is 3.06. The Bertz CT molecular complexity index is 1010. The maximum atomic E-state index is 12.7. The molecule has 0 saturated carbocycles. The van der Waals surface area contributed by atoms with Gasteiger partial charge in [0.1, 0.15) is 17.3 Å². The first-order chi connectivity index (χ1) is 14.7. The molecule has 0 radical (unpaired) electrons. The Balaban J connectivity index is 1.42. The van der Waals surface area contributed by atoms with E-state index in [1.165, 1.54) is 0 Å². The van der Waals surface area contributed by atoms with Gasteiger partial charge in [0, 0.05) is 44.1 Å². The lowest BCUT2D eigenvalue weighted by Crippen LogP contribution is -2.37. The highest BCUT2D eigenvalue weighted by Gasteiger charge is 2.22. The van der Waals surface area contributed by atoms with Gasteiger partial charge in [0.15, 0.2) is 0 Å². The fraction of sp³-hybridized carbons (Fsp3) is 0.217. The normalized spacial score (nSPS) is 14.1. The van der Waals surface area contributed by atoms with Crippen molar-refractivity contribution in [1.29, 1.82) is 0 Å². The Labute approximate surface area is 174 Å². The SMILES string of the molecule is O=C(c1cccnc1)c1cccc(N2CCCN(C(=O)Oc3ccccc3)CC2)n1. The van der Waals surface area contributed by atoms with Crippen LogP contribution in [0.5, 0.6) is 5.75 Å². The van der Waals surface area contributed by atoms with Crippen LogP contribution in [-0.2, 0) is 0 Å². The zero-order valence-corrected chi connectivity index (χ0v) is 16.5. The summed E-state index contributed by atoms with van der Waals surface area (Å²) < 4.78 is 5.45. The van der Waals surface area contributed by atoms with Crippen LogP contribution in [0.25, 0.3) is 0 Å². The lowest BCUT2D eigenvalue weighted by atomic mass is 10.1. The molecule has 0 N–H and O–H groups in total. The first-order valence-corrected chi connectivity index (χ1v) is 9.89. The maximum absolute atomic E-state index is 12.7. The van der Waals surface area contributed by atoms with Crippen LogP contribution >= 0.6 is 0 Å². The Morgan fingerprint density at radius 1 is 0.867 bits per heavy atom. The van der Waals surface area contributed by atoms with Crippen LogP contribution in [0.1, 0.15) is 22.5 Å². The van der Waals surface area contributed by atoms with Crippen LogP contribution in [0.15, 0.2) is 73.1 Å². The van der Waals surface area contributed by atoms with E-state index in [1.807, 2.05) is 30.3 Å². The van der Waals surface area contributed by atoms with E-state index in [1.54, 1.807) is 47.6 Å². The van der Waals surface area contributed by atoms with Gasteiger partial charge in [0.05, 0.1) is 0 Å². The monoisotopic (exact) mass is 402 g/mol. The summed E-state index contributed by atoms with van der Waals surface area (Å²) in [4.78, 5) is 37.5. The molecule has 30 heavy (non-hydrogen) atoms. The van der Waals surface area contributed by atoms with E-state index < -0.39 is 0 Å². The number of rotatable bonds is 4. The third kappa shape index (κ3) is 4.63. The summed E-state index contributed by atoms with van der Waals surface area (Å²) in [6.07, 6.45) is 3.61. The standard InChI is InChI=1S/C23H22N4O3/c28-22(18-7-5-12-24-17-18)20-10-4-11-21(25-20)26-13-6-14-27(16-15-26)23(29)30-19-8-2-1-3-9-19/h1-5,7-12,17H,6,13-16H2. The highest BCUT2D eigenvalue weighted by molar-refractivity contribution is 6.07. The molecule has 7 nitrogen and oxygen atoms in total. The largest absolute Gasteiger partial charge is 0.415 e. The molecule has 0 aliphatic carbocycles. The second kappa shape index (κ2) is 9.17. The van der Waals surface area contributed by atoms with Crippen molar-refractivity contribution in [3.8, 4) is 5.75 Å². The van der Waals surface area contributed by atoms with Crippen molar-refractivity contribution in [3.63, 3.8) is 0 Å². The molecule has 0 unspecified atom stereocenters. The van der Waals surface area contributed by atoms with Gasteiger partial charge in [-0.1, -0.05) is 24.3 Å². The second-order valence-corrected chi connectivity index (χ2v) is 6.96. The zero-order chi connectivity index (χ0) is 20.8. The summed E-state index contributed by atoms with van der Waals surface area (Å²) in [7, 11) is 0. The minimum absolute atomic E-state index is 0.159. The van der Waals surface area contributed by atoms with Gasteiger partial charge < -0.3 is 14.5 Å². The molecule has 1 fully saturated rings. The van der Waals surface area contributed by atoms with E-state index in [0.717, 1.165) is 18.8 Å². The number of pyridine rings is 2. The summed E-state index contributed by atoms with van der Waals surface area (Å²) in [6, 6.07) is 17.9. The smallest absolute Gasteiger partial charge is 0.410 e. The van der Waals surface area contributed by atoms with E-state index in [-0.39, 0.29) is 11.9 Å². The Kier molecular flexibility index (Phi) is 5.98. The number of para-hydroxylation sites is 1. The van der Waals surface area contributed by atoms with Crippen molar-refractivity contribution in [3.05, 3.63) is 84.3 Å². The zero-order valence-electron chi connectivity index (χ0n) is 16.5. The van der Waals surface area contributed by atoms with Crippen molar-refractivity contribution >= 4 is 17.7 Å². The van der Waals surface area contributed by atoms with E-state index in [9.17, 15) is 9.59 Å². The van der Waals surface area contributed by atoms with Crippen LogP contribution in [0.4, 0.5) is 10.6 Å². The number of ketones is 1. The number of benzene rings is 1. The minimum Gasteiger partial charge on any atom is -0.410 e. The predicted molar refractivity (Wildman–Crippen MR) is 113 cm³/mol. The molecule has 1 aliphatic rings. The molecule has 0 bridgehead atoms. The molecule has 1 aromatic carbocycles. The molecule has 0 atom stereocenters. The average molecular weight is 402 g/mol. The number of carbonyl (C=O) groups excluding carboxylic acids is 2. The van der Waals surface area contributed by atoms with Crippen molar-refractivity contribution in [2.45, 2.75) is 6.42 Å². The first kappa shape index (κ1) is 19.6. The lowest BCUT2D eigenvalue weighted by Gasteiger charge is -2.22. The second-order valence-electron chi connectivity index (χ2n) is 6.96. The van der Waals surface area contributed by atoms with Crippen LogP contribution < -0.4 is 9.64 Å². The third-order valence-corrected chi connectivity index (χ3v) is 4.92. The molecule has 3 aromatic rings. The topological polar surface area (TPSA) is 75.6 Å². The summed E-state index contributed by atoms with van der Waals surface area (Å²) in [5.74, 6) is 1.10. The molecule has 3 heterocycles. The number of amides is 1. The number of hydrogen-bond acceptors (Lipinski definition) is 6. The fourth-order valence-corrected chi connectivity index (χ4v) is 3.35. The predicted octanol–water partition coefficient (Wildman–Crippen LogP) is 3.42. The molecular formula is C23H22N4O3. The van der Waals surface area contributed by atoms with Gasteiger partial charge >= 0.3 is 6.09 Å². The van der Waals surface area contributed by atoms with Gasteiger partial charge in [-0.2, -0.15) is 0 Å². The lowest BCUT2D eigenvalue weighted by molar-refractivity contribution is 0.103. The van der Waals surface area contributed by atoms with Gasteiger partial charge in [-0.25, -0.2) is 9.78 Å². The molecule has 0 spiro atoms. The molecule has 1 amide bonds. The van der Waals surface area contributed by atoms with Crippen LogP contribution in [0.2, 0.25) is 0 Å². The number of nitrogens with zero attached hydrogens (tertiary/aromatic N) is 4. The van der Waals surface area contributed by atoms with Crippen molar-refractivity contribution in [2.24, 2.45) is 0 Å². The van der Waals surface area contributed by atoms with E-state index in [2.05, 4.69) is 14.9 Å². The molecule has 4 rings (SSSR count). The van der Waals surface area contributed by atoms with Crippen LogP contribution in [0.3, 0.4) is 0 Å². The van der Waals surface area contributed by atoms with Crippen molar-refractivity contribution in [1.82, 2.24) is 14.9 Å². The maximum Gasteiger partial charge on any atom is 0.415 e. The molecule has 1 aliphatic heterocycles. The number of hydrogen-bond donors (Lipinski definition) is 0. The van der Waals surface area contributed by atoms with Crippen LogP contribution in [0, 0.1) is 0 Å². The third-order valence-electron chi connectivity index (χ3n) is 4.92. The van der Waals surface area contributed by atoms with Gasteiger partial charge in [-0.05, 0) is 42.8 Å². The summed E-state index contributed by atoms with van der Waals surface area (Å²) >= 11 is 0. The quantitative estimate of drug-likeness (QED) is 0.623. The minimum atomic E-state index is -0.350. The number of aromatic nitrogens is 2. The number of ether oxygens (including phenoxy) is 1.